The second-order valence-corrected chi connectivity index (χ2v) is 6.95. The van der Waals surface area contributed by atoms with Gasteiger partial charge in [-0.3, -0.25) is 4.79 Å². The van der Waals surface area contributed by atoms with Gasteiger partial charge in [-0.15, -0.1) is 0 Å². The first kappa shape index (κ1) is 22.6. The topological polar surface area (TPSA) is 98.8 Å². The summed E-state index contributed by atoms with van der Waals surface area (Å²) in [6.07, 6.45) is 0.630. The Hall–Kier alpha value is -2.70. The van der Waals surface area contributed by atoms with Crippen LogP contribution in [0.2, 0.25) is 0 Å². The Morgan fingerprint density at radius 2 is 1.72 bits per heavy atom. The van der Waals surface area contributed by atoms with E-state index >= 15 is 0 Å². The average Bonchev–Trinajstić information content (AvgIpc) is 2.72. The molecule has 0 bridgehead atoms. The van der Waals surface area contributed by atoms with Crippen molar-refractivity contribution in [1.29, 1.82) is 0 Å². The van der Waals surface area contributed by atoms with Crippen LogP contribution in [0.25, 0.3) is 0 Å². The third kappa shape index (κ3) is 8.05. The summed E-state index contributed by atoms with van der Waals surface area (Å²) in [5, 5.41) is 10.2. The molecule has 0 fully saturated rings. The molecule has 0 aromatic heterocycles. The van der Waals surface area contributed by atoms with E-state index in [4.69, 9.17) is 15.2 Å². The lowest BCUT2D eigenvalue weighted by Gasteiger charge is -2.18. The number of esters is 1. The Labute approximate surface area is 171 Å². The highest BCUT2D eigenvalue weighted by atomic mass is 16.5. The molecule has 0 aliphatic heterocycles. The van der Waals surface area contributed by atoms with E-state index < -0.39 is 17.9 Å². The average molecular weight is 399 g/mol. The fourth-order valence-electron chi connectivity index (χ4n) is 3.02. The van der Waals surface area contributed by atoms with Gasteiger partial charge in [-0.2, -0.15) is 0 Å². The van der Waals surface area contributed by atoms with Crippen LogP contribution in [0.1, 0.15) is 41.3 Å². The van der Waals surface area contributed by atoms with Gasteiger partial charge in [0.25, 0.3) is 0 Å². The van der Waals surface area contributed by atoms with E-state index in [9.17, 15) is 14.7 Å². The van der Waals surface area contributed by atoms with E-state index in [-0.39, 0.29) is 19.0 Å². The van der Waals surface area contributed by atoms with E-state index in [0.29, 0.717) is 31.6 Å². The molecule has 2 rings (SSSR count). The highest BCUT2D eigenvalue weighted by Gasteiger charge is 2.20. The zero-order chi connectivity index (χ0) is 21.1. The summed E-state index contributed by atoms with van der Waals surface area (Å²) in [6, 6.07) is 16.8. The Kier molecular flexibility index (Phi) is 9.34. The maximum Gasteiger partial charge on any atom is 0.338 e. The second kappa shape index (κ2) is 12.0. The highest BCUT2D eigenvalue weighted by Crippen LogP contribution is 2.17. The summed E-state index contributed by atoms with van der Waals surface area (Å²) in [4.78, 5) is 23.5. The van der Waals surface area contributed by atoms with Crippen LogP contribution >= 0.6 is 0 Å². The van der Waals surface area contributed by atoms with Crippen LogP contribution in [0, 0.1) is 5.92 Å². The van der Waals surface area contributed by atoms with Crippen LogP contribution in [0.15, 0.2) is 54.6 Å². The summed E-state index contributed by atoms with van der Waals surface area (Å²) in [6.45, 7) is 2.65. The normalized spacial score (nSPS) is 12.9. The lowest BCUT2D eigenvalue weighted by molar-refractivity contribution is -0.123. The largest absolute Gasteiger partial charge is 0.462 e. The number of rotatable bonds is 12. The number of carbonyl (C=O) groups is 2. The molecule has 2 atom stereocenters. The molecule has 2 unspecified atom stereocenters. The number of benzene rings is 2. The van der Waals surface area contributed by atoms with E-state index in [1.807, 2.05) is 42.5 Å². The van der Waals surface area contributed by atoms with Gasteiger partial charge in [0.15, 0.2) is 0 Å². The number of carbonyl (C=O) groups excluding carboxylic acids is 2. The molecule has 0 radical (unpaired) electrons. The Morgan fingerprint density at radius 1 is 1.03 bits per heavy atom. The quantitative estimate of drug-likeness (QED) is 0.535. The molecule has 2 aromatic rings. The third-order valence-corrected chi connectivity index (χ3v) is 4.63. The fraction of sp³-hybridized carbons (Fsp3) is 0.391. The van der Waals surface area contributed by atoms with Crippen molar-refractivity contribution < 1.29 is 24.2 Å². The fourth-order valence-corrected chi connectivity index (χ4v) is 3.02. The van der Waals surface area contributed by atoms with E-state index in [1.54, 1.807) is 19.1 Å². The Morgan fingerprint density at radius 3 is 2.34 bits per heavy atom. The van der Waals surface area contributed by atoms with Gasteiger partial charge in [0, 0.05) is 5.92 Å². The van der Waals surface area contributed by atoms with E-state index in [0.717, 1.165) is 11.1 Å². The van der Waals surface area contributed by atoms with Crippen LogP contribution in [0.3, 0.4) is 0 Å². The molecule has 0 saturated carbocycles. The molecule has 0 aliphatic rings. The molecule has 156 valence electrons. The predicted octanol–water partition coefficient (Wildman–Crippen LogP) is 2.87. The zero-order valence-electron chi connectivity index (χ0n) is 16.8. The number of hydrogen-bond acceptors (Lipinski definition) is 5. The van der Waals surface area contributed by atoms with E-state index in [2.05, 4.69) is 0 Å². The molecule has 6 heteroatoms. The van der Waals surface area contributed by atoms with Gasteiger partial charge in [0.05, 0.1) is 31.5 Å². The molecule has 2 aromatic carbocycles. The molecular weight excluding hydrogens is 370 g/mol. The van der Waals surface area contributed by atoms with Crippen LogP contribution in [0.5, 0.6) is 0 Å². The van der Waals surface area contributed by atoms with Gasteiger partial charge in [0.2, 0.25) is 5.91 Å². The summed E-state index contributed by atoms with van der Waals surface area (Å²) < 4.78 is 10.5. The van der Waals surface area contributed by atoms with Gasteiger partial charge < -0.3 is 20.3 Å². The van der Waals surface area contributed by atoms with Crippen LogP contribution in [0.4, 0.5) is 0 Å². The van der Waals surface area contributed by atoms with E-state index in [1.165, 1.54) is 0 Å². The van der Waals surface area contributed by atoms with Gasteiger partial charge in [-0.25, -0.2) is 4.79 Å². The SMILES string of the molecule is CCOC(=O)c1ccc(CCC(CC(O)COCc2ccccc2)C(N)=O)cc1. The minimum atomic E-state index is -0.762. The van der Waals surface area contributed by atoms with Crippen LogP contribution in [-0.4, -0.2) is 36.3 Å². The first-order chi connectivity index (χ1) is 14.0. The molecule has 0 spiro atoms. The van der Waals surface area contributed by atoms with Crippen molar-refractivity contribution in [3.63, 3.8) is 0 Å². The molecule has 1 amide bonds. The van der Waals surface area contributed by atoms with Gasteiger partial charge in [0.1, 0.15) is 0 Å². The molecule has 6 nitrogen and oxygen atoms in total. The summed E-state index contributed by atoms with van der Waals surface area (Å²) >= 11 is 0. The Balaban J connectivity index is 1.78. The molecule has 0 saturated heterocycles. The lowest BCUT2D eigenvalue weighted by atomic mass is 9.93. The van der Waals surface area contributed by atoms with Crippen molar-refractivity contribution in [3.05, 3.63) is 71.3 Å². The summed E-state index contributed by atoms with van der Waals surface area (Å²) in [5.74, 6) is -1.24. The van der Waals surface area contributed by atoms with Crippen molar-refractivity contribution in [3.8, 4) is 0 Å². The number of aliphatic hydroxyl groups excluding tert-OH is 1. The monoisotopic (exact) mass is 399 g/mol. The number of aryl methyl sites for hydroxylation is 1. The zero-order valence-corrected chi connectivity index (χ0v) is 16.8. The number of hydrogen-bond donors (Lipinski definition) is 2. The van der Waals surface area contributed by atoms with Crippen LogP contribution < -0.4 is 5.73 Å². The summed E-state index contributed by atoms with van der Waals surface area (Å²) in [5.41, 5.74) is 8.02. The predicted molar refractivity (Wildman–Crippen MR) is 110 cm³/mol. The van der Waals surface area contributed by atoms with Gasteiger partial charge >= 0.3 is 5.97 Å². The lowest BCUT2D eigenvalue weighted by Crippen LogP contribution is -2.29. The first-order valence-corrected chi connectivity index (χ1v) is 9.84. The molecular formula is C23H29NO5. The first-order valence-electron chi connectivity index (χ1n) is 9.84. The maximum absolute atomic E-state index is 11.8. The smallest absolute Gasteiger partial charge is 0.338 e. The molecule has 3 N–H and O–H groups in total. The Bertz CT molecular complexity index is 761. The van der Waals surface area contributed by atoms with Crippen LogP contribution in [-0.2, 0) is 27.3 Å². The summed E-state index contributed by atoms with van der Waals surface area (Å²) in [7, 11) is 0. The second-order valence-electron chi connectivity index (χ2n) is 6.95. The van der Waals surface area contributed by atoms with Crippen molar-refractivity contribution in [2.24, 2.45) is 11.7 Å². The molecule has 29 heavy (non-hydrogen) atoms. The third-order valence-electron chi connectivity index (χ3n) is 4.63. The standard InChI is InChI=1S/C23H29NO5/c1-2-29-23(27)19-11-8-17(9-12-19)10-13-20(22(24)26)14-21(25)16-28-15-18-6-4-3-5-7-18/h3-9,11-12,20-21,25H,2,10,13-16H2,1H3,(H2,24,26). The highest BCUT2D eigenvalue weighted by molar-refractivity contribution is 5.89. The minimum Gasteiger partial charge on any atom is -0.462 e. The number of nitrogens with two attached hydrogens (primary N) is 1. The maximum atomic E-state index is 11.8. The number of amides is 1. The van der Waals surface area contributed by atoms with Gasteiger partial charge in [-0.1, -0.05) is 42.5 Å². The number of primary amides is 1. The van der Waals surface area contributed by atoms with Crippen molar-refractivity contribution in [2.75, 3.05) is 13.2 Å². The number of aliphatic hydroxyl groups is 1. The van der Waals surface area contributed by atoms with Crippen molar-refractivity contribution in [2.45, 2.75) is 38.9 Å². The number of ether oxygens (including phenoxy) is 2. The van der Waals surface area contributed by atoms with Gasteiger partial charge in [-0.05, 0) is 49.4 Å². The van der Waals surface area contributed by atoms with Crippen molar-refractivity contribution in [1.82, 2.24) is 0 Å². The van der Waals surface area contributed by atoms with Crippen molar-refractivity contribution >= 4 is 11.9 Å². The molecule has 0 aliphatic carbocycles. The minimum absolute atomic E-state index is 0.146. The molecule has 0 heterocycles.